The second kappa shape index (κ2) is 7.49. The van der Waals surface area contributed by atoms with E-state index in [1.54, 1.807) is 6.07 Å². The van der Waals surface area contributed by atoms with Gasteiger partial charge >= 0.3 is 7.12 Å². The van der Waals surface area contributed by atoms with E-state index >= 15 is 0 Å². The Balaban J connectivity index is 1.89. The molecule has 3 aromatic carbocycles. The monoisotopic (exact) mass is 356 g/mol. The number of pyridine rings is 1. The van der Waals surface area contributed by atoms with Crippen LogP contribution in [0.4, 0.5) is 0 Å². The highest BCUT2D eigenvalue weighted by Gasteiger charge is 2.17. The molecular formula is C22H21BN2O2. The summed E-state index contributed by atoms with van der Waals surface area (Å²) in [5.74, 6) is 0. The van der Waals surface area contributed by atoms with E-state index in [1.165, 1.54) is 5.56 Å². The first kappa shape index (κ1) is 17.7. The van der Waals surface area contributed by atoms with Gasteiger partial charge in [0.25, 0.3) is 0 Å². The van der Waals surface area contributed by atoms with Crippen LogP contribution in [0, 0.1) is 0 Å². The Morgan fingerprint density at radius 3 is 2.41 bits per heavy atom. The van der Waals surface area contributed by atoms with E-state index in [9.17, 15) is 10.0 Å². The maximum absolute atomic E-state index is 9.68. The van der Waals surface area contributed by atoms with Crippen LogP contribution in [0.2, 0.25) is 0 Å². The lowest BCUT2D eigenvalue weighted by molar-refractivity contribution is 0.425. The summed E-state index contributed by atoms with van der Waals surface area (Å²) < 4.78 is 0. The molecule has 134 valence electrons. The molecule has 4 rings (SSSR count). The summed E-state index contributed by atoms with van der Waals surface area (Å²) in [6.07, 6.45) is 0.544. The minimum Gasteiger partial charge on any atom is -0.423 e. The van der Waals surface area contributed by atoms with E-state index in [0.29, 0.717) is 11.9 Å². The Labute approximate surface area is 158 Å². The molecule has 0 aliphatic rings. The van der Waals surface area contributed by atoms with Gasteiger partial charge in [-0.1, -0.05) is 54.6 Å². The zero-order valence-electron chi connectivity index (χ0n) is 15.2. The van der Waals surface area contributed by atoms with Crippen molar-refractivity contribution in [1.29, 1.82) is 0 Å². The third kappa shape index (κ3) is 3.45. The van der Waals surface area contributed by atoms with Crippen molar-refractivity contribution in [3.8, 4) is 0 Å². The van der Waals surface area contributed by atoms with Crippen LogP contribution in [0.5, 0.6) is 0 Å². The maximum atomic E-state index is 9.68. The van der Waals surface area contributed by atoms with E-state index < -0.39 is 7.12 Å². The standard InChI is InChI=1S/C22H21BN2O2/c1-24-14-15-10-11-21-19(12-15)17-7-3-4-8-18(17)22(25-21)13-16-6-2-5-9-20(16)23(26)27/h2-12,24,26-27H,13-14H2,1H3. The predicted octanol–water partition coefficient (Wildman–Crippen LogP) is 2.38. The molecule has 5 heteroatoms. The molecule has 0 saturated heterocycles. The molecule has 0 spiro atoms. The van der Waals surface area contributed by atoms with Crippen LogP contribution >= 0.6 is 0 Å². The molecule has 0 bridgehead atoms. The van der Waals surface area contributed by atoms with Gasteiger partial charge in [0, 0.05) is 23.7 Å². The molecule has 0 unspecified atom stereocenters. The van der Waals surface area contributed by atoms with Gasteiger partial charge in [0.2, 0.25) is 0 Å². The SMILES string of the molecule is CNCc1ccc2nc(Cc3ccccc3B(O)O)c3ccccc3c2c1. The van der Waals surface area contributed by atoms with Gasteiger partial charge < -0.3 is 15.4 Å². The average molecular weight is 356 g/mol. The summed E-state index contributed by atoms with van der Waals surface area (Å²) in [5.41, 5.74) is 4.50. The number of benzene rings is 3. The Bertz CT molecular complexity index is 1110. The molecule has 4 aromatic rings. The number of hydrogen-bond donors (Lipinski definition) is 3. The van der Waals surface area contributed by atoms with Crippen molar-refractivity contribution >= 4 is 34.3 Å². The number of nitrogens with zero attached hydrogens (tertiary/aromatic N) is 1. The highest BCUT2D eigenvalue weighted by Crippen LogP contribution is 2.28. The number of fused-ring (bicyclic) bond motifs is 3. The van der Waals surface area contributed by atoms with Gasteiger partial charge in [0.05, 0.1) is 11.2 Å². The second-order valence-electron chi connectivity index (χ2n) is 6.74. The van der Waals surface area contributed by atoms with Gasteiger partial charge in [0.15, 0.2) is 0 Å². The van der Waals surface area contributed by atoms with Crippen LogP contribution in [0.25, 0.3) is 21.7 Å². The van der Waals surface area contributed by atoms with Crippen LogP contribution in [0.3, 0.4) is 0 Å². The highest BCUT2D eigenvalue weighted by molar-refractivity contribution is 6.59. The maximum Gasteiger partial charge on any atom is 0.488 e. The average Bonchev–Trinajstić information content (AvgIpc) is 2.69. The molecule has 0 saturated carbocycles. The third-order valence-corrected chi connectivity index (χ3v) is 4.92. The smallest absolute Gasteiger partial charge is 0.423 e. The summed E-state index contributed by atoms with van der Waals surface area (Å²) in [6.45, 7) is 0.813. The molecular weight excluding hydrogens is 335 g/mol. The normalized spacial score (nSPS) is 11.2. The van der Waals surface area contributed by atoms with Gasteiger partial charge in [-0.15, -0.1) is 0 Å². The second-order valence-corrected chi connectivity index (χ2v) is 6.74. The Morgan fingerprint density at radius 1 is 0.889 bits per heavy atom. The van der Waals surface area contributed by atoms with E-state index in [1.807, 2.05) is 37.4 Å². The van der Waals surface area contributed by atoms with Crippen molar-refractivity contribution in [2.75, 3.05) is 7.05 Å². The summed E-state index contributed by atoms with van der Waals surface area (Å²) in [4.78, 5) is 4.92. The van der Waals surface area contributed by atoms with Crippen LogP contribution in [0.1, 0.15) is 16.8 Å². The molecule has 1 heterocycles. The van der Waals surface area contributed by atoms with E-state index in [-0.39, 0.29) is 0 Å². The molecule has 0 aliphatic heterocycles. The van der Waals surface area contributed by atoms with Crippen molar-refractivity contribution in [1.82, 2.24) is 10.3 Å². The zero-order valence-corrected chi connectivity index (χ0v) is 15.2. The fraction of sp³-hybridized carbons (Fsp3) is 0.136. The first-order valence-corrected chi connectivity index (χ1v) is 9.06. The first-order chi connectivity index (χ1) is 13.2. The minimum atomic E-state index is -1.49. The fourth-order valence-corrected chi connectivity index (χ4v) is 3.65. The molecule has 0 aliphatic carbocycles. The molecule has 3 N–H and O–H groups in total. The molecule has 0 radical (unpaired) electrons. The largest absolute Gasteiger partial charge is 0.488 e. The van der Waals surface area contributed by atoms with Gasteiger partial charge in [-0.2, -0.15) is 0 Å². The Morgan fingerprint density at radius 2 is 1.63 bits per heavy atom. The molecule has 0 atom stereocenters. The van der Waals surface area contributed by atoms with Gasteiger partial charge in [-0.25, -0.2) is 0 Å². The zero-order chi connectivity index (χ0) is 18.8. The van der Waals surface area contributed by atoms with Crippen LogP contribution in [0.15, 0.2) is 66.7 Å². The van der Waals surface area contributed by atoms with Crippen LogP contribution in [-0.2, 0) is 13.0 Å². The van der Waals surface area contributed by atoms with Gasteiger partial charge in [0.1, 0.15) is 0 Å². The van der Waals surface area contributed by atoms with Crippen molar-refractivity contribution < 1.29 is 10.0 Å². The van der Waals surface area contributed by atoms with Crippen molar-refractivity contribution in [2.24, 2.45) is 0 Å². The van der Waals surface area contributed by atoms with Crippen LogP contribution < -0.4 is 10.8 Å². The van der Waals surface area contributed by atoms with Crippen molar-refractivity contribution in [3.05, 3.63) is 83.6 Å². The van der Waals surface area contributed by atoms with E-state index in [2.05, 4.69) is 35.6 Å². The lowest BCUT2D eigenvalue weighted by Crippen LogP contribution is -2.33. The number of nitrogens with one attached hydrogen (secondary N) is 1. The van der Waals surface area contributed by atoms with Crippen molar-refractivity contribution in [2.45, 2.75) is 13.0 Å². The molecule has 0 fully saturated rings. The lowest BCUT2D eigenvalue weighted by atomic mass is 9.76. The Kier molecular flexibility index (Phi) is 4.90. The number of rotatable bonds is 5. The molecule has 4 nitrogen and oxygen atoms in total. The third-order valence-electron chi connectivity index (χ3n) is 4.92. The summed E-state index contributed by atoms with van der Waals surface area (Å²) in [5, 5.41) is 25.9. The molecule has 27 heavy (non-hydrogen) atoms. The molecule has 0 amide bonds. The van der Waals surface area contributed by atoms with E-state index in [4.69, 9.17) is 4.98 Å². The van der Waals surface area contributed by atoms with E-state index in [0.717, 1.165) is 39.5 Å². The van der Waals surface area contributed by atoms with Crippen LogP contribution in [-0.4, -0.2) is 29.2 Å². The Hall–Kier alpha value is -2.73. The number of aromatic nitrogens is 1. The highest BCUT2D eigenvalue weighted by atomic mass is 16.4. The quantitative estimate of drug-likeness (QED) is 0.380. The van der Waals surface area contributed by atoms with Crippen molar-refractivity contribution in [3.63, 3.8) is 0 Å². The minimum absolute atomic E-state index is 0.521. The van der Waals surface area contributed by atoms with Gasteiger partial charge in [-0.3, -0.25) is 4.98 Å². The fourth-order valence-electron chi connectivity index (χ4n) is 3.65. The summed E-state index contributed by atoms with van der Waals surface area (Å²) in [6, 6.07) is 22.0. The number of hydrogen-bond acceptors (Lipinski definition) is 4. The van der Waals surface area contributed by atoms with Gasteiger partial charge in [-0.05, 0) is 41.2 Å². The molecule has 1 aromatic heterocycles. The predicted molar refractivity (Wildman–Crippen MR) is 111 cm³/mol. The lowest BCUT2D eigenvalue weighted by Gasteiger charge is -2.13. The summed E-state index contributed by atoms with van der Waals surface area (Å²) in [7, 11) is 0.452. The summed E-state index contributed by atoms with van der Waals surface area (Å²) >= 11 is 0. The topological polar surface area (TPSA) is 65.4 Å². The first-order valence-electron chi connectivity index (χ1n) is 9.06.